The lowest BCUT2D eigenvalue weighted by atomic mass is 9.83. The van der Waals surface area contributed by atoms with Gasteiger partial charge in [0.1, 0.15) is 0 Å². The van der Waals surface area contributed by atoms with Crippen molar-refractivity contribution in [2.24, 2.45) is 5.41 Å². The molecule has 0 atom stereocenters. The topological polar surface area (TPSA) is 0 Å². The Hall–Kier alpha value is -0.260. The smallest absolute Gasteiger partial charge is 0.0348 e. The molecule has 0 aliphatic carbocycles. The second-order valence-electron chi connectivity index (χ2n) is 3.95. The van der Waals surface area contributed by atoms with Crippen LogP contribution in [-0.2, 0) is 0 Å². The fraction of sp³-hybridized carbons (Fsp3) is 0.727. The van der Waals surface area contributed by atoms with Crippen LogP contribution >= 0.6 is 0 Å². The van der Waals surface area contributed by atoms with Gasteiger partial charge in [-0.15, -0.1) is 6.58 Å². The first-order valence-corrected chi connectivity index (χ1v) is 4.52. The van der Waals surface area contributed by atoms with E-state index in [9.17, 15) is 0 Å². The van der Waals surface area contributed by atoms with Gasteiger partial charge in [0.05, 0.1) is 0 Å². The fourth-order valence-electron chi connectivity index (χ4n) is 1.22. The molecule has 0 saturated heterocycles. The Labute approximate surface area is 71.7 Å². The largest absolute Gasteiger partial charge is 0.103 e. The van der Waals surface area contributed by atoms with Gasteiger partial charge in [-0.1, -0.05) is 39.7 Å². The molecule has 0 aromatic heterocycles. The fourth-order valence-corrected chi connectivity index (χ4v) is 1.22. The van der Waals surface area contributed by atoms with Crippen molar-refractivity contribution in [3.05, 3.63) is 19.6 Å². The quantitative estimate of drug-likeness (QED) is 0.506. The summed E-state index contributed by atoms with van der Waals surface area (Å²) in [6, 6.07) is 0. The van der Waals surface area contributed by atoms with E-state index in [2.05, 4.69) is 27.4 Å². The zero-order valence-corrected chi connectivity index (χ0v) is 8.03. The average Bonchev–Trinajstić information content (AvgIpc) is 1.97. The van der Waals surface area contributed by atoms with E-state index in [1.807, 2.05) is 6.08 Å². The van der Waals surface area contributed by atoms with Gasteiger partial charge in [0.25, 0.3) is 0 Å². The van der Waals surface area contributed by atoms with Crippen LogP contribution < -0.4 is 0 Å². The first-order valence-electron chi connectivity index (χ1n) is 4.52. The van der Waals surface area contributed by atoms with Gasteiger partial charge in [0.2, 0.25) is 0 Å². The molecule has 0 nitrogen and oxygen atoms in total. The second-order valence-corrected chi connectivity index (χ2v) is 3.95. The van der Waals surface area contributed by atoms with Gasteiger partial charge < -0.3 is 0 Å². The van der Waals surface area contributed by atoms with Crippen molar-refractivity contribution in [2.45, 2.75) is 46.0 Å². The Balaban J connectivity index is 3.51. The van der Waals surface area contributed by atoms with Gasteiger partial charge in [-0.3, -0.25) is 0 Å². The molecular weight excluding hydrogens is 132 g/mol. The van der Waals surface area contributed by atoms with Crippen molar-refractivity contribution in [3.63, 3.8) is 0 Å². The first-order chi connectivity index (χ1) is 5.12. The molecule has 0 heterocycles. The predicted octanol–water partition coefficient (Wildman–Crippen LogP) is 3.98. The van der Waals surface area contributed by atoms with Crippen LogP contribution in [0.5, 0.6) is 0 Å². The first kappa shape index (κ1) is 10.7. The highest BCUT2D eigenvalue weighted by molar-refractivity contribution is 4.75. The van der Waals surface area contributed by atoms with E-state index < -0.39 is 0 Å². The minimum absolute atomic E-state index is 0.492. The van der Waals surface area contributed by atoms with Crippen molar-refractivity contribution in [2.75, 3.05) is 0 Å². The molecule has 0 amide bonds. The Morgan fingerprint density at radius 2 is 1.91 bits per heavy atom. The summed E-state index contributed by atoms with van der Waals surface area (Å²) in [5.41, 5.74) is 0.492. The average molecular weight is 153 g/mol. The molecule has 0 aliphatic rings. The number of allylic oxidation sites excluding steroid dienone is 1. The summed E-state index contributed by atoms with van der Waals surface area (Å²) in [4.78, 5) is 0. The summed E-state index contributed by atoms with van der Waals surface area (Å²) in [7, 11) is 0. The summed E-state index contributed by atoms with van der Waals surface area (Å²) >= 11 is 0. The lowest BCUT2D eigenvalue weighted by Crippen LogP contribution is -2.10. The maximum atomic E-state index is 3.85. The lowest BCUT2D eigenvalue weighted by Gasteiger charge is -2.23. The van der Waals surface area contributed by atoms with Crippen LogP contribution in [0.25, 0.3) is 0 Å². The van der Waals surface area contributed by atoms with Crippen molar-refractivity contribution >= 4 is 0 Å². The van der Waals surface area contributed by atoms with Crippen LogP contribution in [0.2, 0.25) is 0 Å². The van der Waals surface area contributed by atoms with Gasteiger partial charge in [0.15, 0.2) is 0 Å². The van der Waals surface area contributed by atoms with Crippen LogP contribution in [-0.4, -0.2) is 0 Å². The normalized spacial score (nSPS) is 11.5. The van der Waals surface area contributed by atoms with Crippen LogP contribution in [0.4, 0.5) is 0 Å². The van der Waals surface area contributed by atoms with Crippen LogP contribution in [0.15, 0.2) is 12.7 Å². The zero-order valence-electron chi connectivity index (χ0n) is 8.03. The molecule has 11 heavy (non-hydrogen) atoms. The summed E-state index contributed by atoms with van der Waals surface area (Å²) in [5.74, 6) is 0. The molecule has 0 saturated carbocycles. The lowest BCUT2D eigenvalue weighted by molar-refractivity contribution is 0.302. The van der Waals surface area contributed by atoms with E-state index in [0.29, 0.717) is 5.41 Å². The molecule has 0 heteroatoms. The van der Waals surface area contributed by atoms with Gasteiger partial charge in [0, 0.05) is 0 Å². The summed E-state index contributed by atoms with van der Waals surface area (Å²) in [6.45, 7) is 12.2. The van der Waals surface area contributed by atoms with Crippen LogP contribution in [0.1, 0.15) is 46.0 Å². The zero-order chi connectivity index (χ0) is 8.74. The number of hydrogen-bond donors (Lipinski definition) is 0. The molecule has 0 aliphatic heterocycles. The second kappa shape index (κ2) is 5.40. The molecule has 0 aromatic rings. The monoisotopic (exact) mass is 153 g/mol. The Morgan fingerprint density at radius 3 is 2.36 bits per heavy atom. The molecule has 65 valence electrons. The molecule has 0 rings (SSSR count). The summed E-state index contributed by atoms with van der Waals surface area (Å²) in [5, 5.41) is 0. The molecule has 0 unspecified atom stereocenters. The van der Waals surface area contributed by atoms with E-state index in [-0.39, 0.29) is 0 Å². The third-order valence-electron chi connectivity index (χ3n) is 2.13. The van der Waals surface area contributed by atoms with E-state index in [4.69, 9.17) is 0 Å². The number of unbranched alkanes of at least 4 members (excludes halogenated alkanes) is 1. The molecule has 1 radical (unpaired) electrons. The van der Waals surface area contributed by atoms with Gasteiger partial charge in [-0.2, -0.15) is 0 Å². The molecule has 0 spiro atoms. The molecule has 0 aromatic carbocycles. The molecule has 0 bridgehead atoms. The van der Waals surface area contributed by atoms with Gasteiger partial charge in [-0.05, 0) is 24.7 Å². The Morgan fingerprint density at radius 1 is 1.27 bits per heavy atom. The van der Waals surface area contributed by atoms with Crippen molar-refractivity contribution in [3.8, 4) is 0 Å². The standard InChI is InChI=1S/C11H21/c1-5-7-9-11(3,4)10-8-6-2/h5H,1-2,6-10H2,3-4H3. The highest BCUT2D eigenvalue weighted by Gasteiger charge is 2.14. The van der Waals surface area contributed by atoms with Crippen molar-refractivity contribution in [1.82, 2.24) is 0 Å². The molecular formula is C11H21. The van der Waals surface area contributed by atoms with Crippen molar-refractivity contribution < 1.29 is 0 Å². The highest BCUT2D eigenvalue weighted by Crippen LogP contribution is 2.28. The molecule has 0 fully saturated rings. The third kappa shape index (κ3) is 6.15. The third-order valence-corrected chi connectivity index (χ3v) is 2.13. The van der Waals surface area contributed by atoms with Crippen molar-refractivity contribution in [1.29, 1.82) is 0 Å². The summed E-state index contributed by atoms with van der Waals surface area (Å²) < 4.78 is 0. The van der Waals surface area contributed by atoms with E-state index in [1.54, 1.807) is 0 Å². The van der Waals surface area contributed by atoms with E-state index in [1.165, 1.54) is 19.3 Å². The van der Waals surface area contributed by atoms with Crippen LogP contribution in [0.3, 0.4) is 0 Å². The Kier molecular flexibility index (Phi) is 5.27. The van der Waals surface area contributed by atoms with Gasteiger partial charge in [-0.25, -0.2) is 0 Å². The minimum Gasteiger partial charge on any atom is -0.103 e. The summed E-state index contributed by atoms with van der Waals surface area (Å²) in [6.07, 6.45) is 8.03. The van der Waals surface area contributed by atoms with Crippen LogP contribution in [0, 0.1) is 12.3 Å². The maximum Gasteiger partial charge on any atom is -0.0348 e. The number of hydrogen-bond acceptors (Lipinski definition) is 0. The van der Waals surface area contributed by atoms with Gasteiger partial charge >= 0.3 is 0 Å². The van der Waals surface area contributed by atoms with E-state index in [0.717, 1.165) is 12.8 Å². The predicted molar refractivity (Wildman–Crippen MR) is 52.4 cm³/mol. The van der Waals surface area contributed by atoms with E-state index >= 15 is 0 Å². The maximum absolute atomic E-state index is 3.85. The highest BCUT2D eigenvalue weighted by atomic mass is 14.2. The number of rotatable bonds is 6. The SMILES string of the molecule is [CH2]CCCC(C)(C)CCC=C. The Bertz CT molecular complexity index is 101. The molecule has 0 N–H and O–H groups in total. The minimum atomic E-state index is 0.492.